The molecule has 0 saturated carbocycles. The average molecular weight is 259 g/mol. The number of hydrogen-bond donors (Lipinski definition) is 1. The van der Waals surface area contributed by atoms with Crippen LogP contribution < -0.4 is 5.32 Å². The Hall–Kier alpha value is -0.160. The topological polar surface area (TPSA) is 27.7 Å². The van der Waals surface area contributed by atoms with E-state index in [1.165, 1.54) is 0 Å². The van der Waals surface area contributed by atoms with Gasteiger partial charge in [-0.1, -0.05) is 20.8 Å². The zero-order valence-corrected chi connectivity index (χ0v) is 12.9. The molecule has 0 aliphatic carbocycles. The van der Waals surface area contributed by atoms with Crippen molar-refractivity contribution in [1.29, 1.82) is 0 Å². The Morgan fingerprint density at radius 1 is 0.778 bits per heavy atom. The van der Waals surface area contributed by atoms with Gasteiger partial charge in [0.1, 0.15) is 0 Å². The molecule has 0 fully saturated rings. The van der Waals surface area contributed by atoms with Crippen LogP contribution in [0.25, 0.3) is 0 Å². The van der Waals surface area contributed by atoms with Crippen LogP contribution in [0.2, 0.25) is 0 Å². The van der Waals surface area contributed by atoms with Crippen molar-refractivity contribution in [3.63, 3.8) is 0 Å². The standard InChI is InChI=1S/C14H33N3O/c1-5-16(6-2)11-9-15-10-12-17(7-3)13-14-18-8-4/h15H,5-14H2,1-4H3. The molecule has 0 bridgehead atoms. The lowest BCUT2D eigenvalue weighted by molar-refractivity contribution is 0.115. The fraction of sp³-hybridized carbons (Fsp3) is 1.00. The Bertz CT molecular complexity index is 163. The van der Waals surface area contributed by atoms with Gasteiger partial charge in [-0.2, -0.15) is 0 Å². The van der Waals surface area contributed by atoms with Gasteiger partial charge >= 0.3 is 0 Å². The van der Waals surface area contributed by atoms with Gasteiger partial charge in [0.2, 0.25) is 0 Å². The lowest BCUT2D eigenvalue weighted by Gasteiger charge is -2.21. The minimum absolute atomic E-state index is 0.819. The summed E-state index contributed by atoms with van der Waals surface area (Å²) >= 11 is 0. The zero-order valence-electron chi connectivity index (χ0n) is 12.9. The Morgan fingerprint density at radius 3 is 1.83 bits per heavy atom. The highest BCUT2D eigenvalue weighted by atomic mass is 16.5. The number of likely N-dealkylation sites (N-methyl/N-ethyl adjacent to an activating group) is 2. The Kier molecular flexibility index (Phi) is 13.2. The van der Waals surface area contributed by atoms with E-state index < -0.39 is 0 Å². The molecule has 0 aromatic heterocycles. The van der Waals surface area contributed by atoms with Crippen LogP contribution in [0.5, 0.6) is 0 Å². The zero-order chi connectivity index (χ0) is 13.6. The number of rotatable bonds is 13. The molecule has 0 radical (unpaired) electrons. The van der Waals surface area contributed by atoms with Crippen molar-refractivity contribution in [1.82, 2.24) is 15.1 Å². The second-order valence-corrected chi connectivity index (χ2v) is 4.41. The molecular weight excluding hydrogens is 226 g/mol. The fourth-order valence-electron chi connectivity index (χ4n) is 1.91. The number of ether oxygens (including phenoxy) is 1. The summed E-state index contributed by atoms with van der Waals surface area (Å²) in [6, 6.07) is 0. The van der Waals surface area contributed by atoms with Crippen LogP contribution in [0, 0.1) is 0 Å². The SMILES string of the molecule is CCOCCN(CC)CCNCCN(CC)CC. The van der Waals surface area contributed by atoms with Gasteiger partial charge in [-0.15, -0.1) is 0 Å². The van der Waals surface area contributed by atoms with E-state index in [9.17, 15) is 0 Å². The first-order valence-corrected chi connectivity index (χ1v) is 7.51. The highest BCUT2D eigenvalue weighted by Gasteiger charge is 2.02. The largest absolute Gasteiger partial charge is 0.380 e. The summed E-state index contributed by atoms with van der Waals surface area (Å²) < 4.78 is 5.39. The molecule has 0 aromatic carbocycles. The predicted molar refractivity (Wildman–Crippen MR) is 79.3 cm³/mol. The van der Waals surface area contributed by atoms with Crippen molar-refractivity contribution in [3.05, 3.63) is 0 Å². The van der Waals surface area contributed by atoms with Gasteiger partial charge in [-0.3, -0.25) is 0 Å². The van der Waals surface area contributed by atoms with E-state index in [4.69, 9.17) is 4.74 Å². The summed E-state index contributed by atoms with van der Waals surface area (Å²) in [5.74, 6) is 0. The lowest BCUT2D eigenvalue weighted by atomic mass is 10.4. The fourth-order valence-corrected chi connectivity index (χ4v) is 1.91. The van der Waals surface area contributed by atoms with Crippen LogP contribution in [0.3, 0.4) is 0 Å². The molecular formula is C14H33N3O. The molecule has 0 aromatic rings. The average Bonchev–Trinajstić information content (AvgIpc) is 2.41. The highest BCUT2D eigenvalue weighted by molar-refractivity contribution is 4.60. The number of nitrogens with zero attached hydrogens (tertiary/aromatic N) is 2. The van der Waals surface area contributed by atoms with E-state index in [0.29, 0.717) is 0 Å². The summed E-state index contributed by atoms with van der Waals surface area (Å²) in [6.45, 7) is 19.2. The normalized spacial score (nSPS) is 11.7. The van der Waals surface area contributed by atoms with E-state index in [0.717, 1.165) is 65.6 Å². The third-order valence-corrected chi connectivity index (χ3v) is 3.31. The molecule has 110 valence electrons. The summed E-state index contributed by atoms with van der Waals surface area (Å²) in [7, 11) is 0. The van der Waals surface area contributed by atoms with Crippen molar-refractivity contribution >= 4 is 0 Å². The molecule has 0 heterocycles. The van der Waals surface area contributed by atoms with Gasteiger partial charge in [-0.05, 0) is 26.6 Å². The number of nitrogens with one attached hydrogen (secondary N) is 1. The van der Waals surface area contributed by atoms with Crippen LogP contribution in [-0.2, 0) is 4.74 Å². The van der Waals surface area contributed by atoms with Crippen molar-refractivity contribution in [2.75, 3.05) is 65.6 Å². The third-order valence-electron chi connectivity index (χ3n) is 3.31. The predicted octanol–water partition coefficient (Wildman–Crippen LogP) is 1.28. The molecule has 0 saturated heterocycles. The van der Waals surface area contributed by atoms with Crippen molar-refractivity contribution in [2.45, 2.75) is 27.7 Å². The molecule has 4 heteroatoms. The second-order valence-electron chi connectivity index (χ2n) is 4.41. The molecule has 0 aliphatic heterocycles. The van der Waals surface area contributed by atoms with Crippen molar-refractivity contribution in [3.8, 4) is 0 Å². The first kappa shape index (κ1) is 17.8. The monoisotopic (exact) mass is 259 g/mol. The van der Waals surface area contributed by atoms with E-state index in [-0.39, 0.29) is 0 Å². The molecule has 1 N–H and O–H groups in total. The van der Waals surface area contributed by atoms with Gasteiger partial charge in [0.15, 0.2) is 0 Å². The van der Waals surface area contributed by atoms with Crippen molar-refractivity contribution < 1.29 is 4.74 Å². The molecule has 0 aliphatic rings. The van der Waals surface area contributed by atoms with Crippen LogP contribution >= 0.6 is 0 Å². The van der Waals surface area contributed by atoms with E-state index >= 15 is 0 Å². The quantitative estimate of drug-likeness (QED) is 0.504. The van der Waals surface area contributed by atoms with Gasteiger partial charge < -0.3 is 19.9 Å². The minimum Gasteiger partial charge on any atom is -0.380 e. The molecule has 0 unspecified atom stereocenters. The maximum Gasteiger partial charge on any atom is 0.0593 e. The van der Waals surface area contributed by atoms with Gasteiger partial charge in [0.25, 0.3) is 0 Å². The summed E-state index contributed by atoms with van der Waals surface area (Å²) in [6.07, 6.45) is 0. The molecule has 4 nitrogen and oxygen atoms in total. The van der Waals surface area contributed by atoms with Crippen molar-refractivity contribution in [2.24, 2.45) is 0 Å². The van der Waals surface area contributed by atoms with Gasteiger partial charge in [-0.25, -0.2) is 0 Å². The van der Waals surface area contributed by atoms with Crippen LogP contribution in [-0.4, -0.2) is 75.4 Å². The maximum absolute atomic E-state index is 5.39. The number of hydrogen-bond acceptors (Lipinski definition) is 4. The van der Waals surface area contributed by atoms with E-state index in [1.54, 1.807) is 0 Å². The first-order valence-electron chi connectivity index (χ1n) is 7.51. The minimum atomic E-state index is 0.819. The molecule has 18 heavy (non-hydrogen) atoms. The first-order chi connectivity index (χ1) is 8.78. The molecule has 0 spiro atoms. The Morgan fingerprint density at radius 2 is 1.33 bits per heavy atom. The molecule has 0 amide bonds. The second kappa shape index (κ2) is 13.3. The third kappa shape index (κ3) is 9.83. The highest BCUT2D eigenvalue weighted by Crippen LogP contribution is 1.88. The molecule has 0 rings (SSSR count). The van der Waals surface area contributed by atoms with Crippen LogP contribution in [0.1, 0.15) is 27.7 Å². The maximum atomic E-state index is 5.39. The smallest absolute Gasteiger partial charge is 0.0593 e. The van der Waals surface area contributed by atoms with E-state index in [2.05, 4.69) is 35.9 Å². The van der Waals surface area contributed by atoms with Gasteiger partial charge in [0.05, 0.1) is 6.61 Å². The lowest BCUT2D eigenvalue weighted by Crippen LogP contribution is -2.37. The Balaban J connectivity index is 3.44. The van der Waals surface area contributed by atoms with E-state index in [1.807, 2.05) is 6.92 Å². The van der Waals surface area contributed by atoms with Gasteiger partial charge in [0, 0.05) is 39.3 Å². The Labute approximate surface area is 114 Å². The summed E-state index contributed by atoms with van der Waals surface area (Å²) in [5, 5.41) is 3.52. The summed E-state index contributed by atoms with van der Waals surface area (Å²) in [5.41, 5.74) is 0. The molecule has 0 atom stereocenters. The van der Waals surface area contributed by atoms with Crippen LogP contribution in [0.15, 0.2) is 0 Å². The van der Waals surface area contributed by atoms with Crippen LogP contribution in [0.4, 0.5) is 0 Å². The summed E-state index contributed by atoms with van der Waals surface area (Å²) in [4.78, 5) is 4.87.